The fraction of sp³-hybridized carbons (Fsp3) is 0.429. The van der Waals surface area contributed by atoms with Crippen LogP contribution in [-0.4, -0.2) is 29.8 Å². The fourth-order valence-corrected chi connectivity index (χ4v) is 3.19. The number of hydrogen-bond acceptors (Lipinski definition) is 4. The topological polar surface area (TPSA) is 46.6 Å². The molecule has 0 spiro atoms. The molecule has 0 aliphatic carbocycles. The van der Waals surface area contributed by atoms with Crippen LogP contribution in [0, 0.1) is 5.82 Å². The number of nitrogens with zero attached hydrogens (tertiary/aromatic N) is 1. The maximum absolute atomic E-state index is 13.4. The van der Waals surface area contributed by atoms with E-state index in [0.29, 0.717) is 5.69 Å². The predicted octanol–water partition coefficient (Wildman–Crippen LogP) is 2.61. The van der Waals surface area contributed by atoms with Crippen molar-refractivity contribution in [3.63, 3.8) is 0 Å². The highest BCUT2D eigenvalue weighted by Crippen LogP contribution is 2.45. The molecule has 20 heavy (non-hydrogen) atoms. The Labute approximate surface area is 121 Å². The van der Waals surface area contributed by atoms with Gasteiger partial charge in [0, 0.05) is 4.90 Å². The van der Waals surface area contributed by atoms with Gasteiger partial charge in [-0.15, -0.1) is 11.8 Å². The molecule has 1 aliphatic heterocycles. The molecule has 0 N–H and O–H groups in total. The quantitative estimate of drug-likeness (QED) is 0.805. The molecule has 1 aromatic carbocycles. The summed E-state index contributed by atoms with van der Waals surface area (Å²) in [6, 6.07) is 4.25. The van der Waals surface area contributed by atoms with Crippen LogP contribution in [0.4, 0.5) is 10.1 Å². The van der Waals surface area contributed by atoms with Crippen LogP contribution in [-0.2, 0) is 14.3 Å². The van der Waals surface area contributed by atoms with Crippen molar-refractivity contribution in [2.24, 2.45) is 0 Å². The monoisotopic (exact) mass is 297 g/mol. The molecule has 1 aromatic rings. The Morgan fingerprint density at radius 3 is 2.80 bits per heavy atom. The Balaban J connectivity index is 2.40. The summed E-state index contributed by atoms with van der Waals surface area (Å²) in [7, 11) is 0. The van der Waals surface area contributed by atoms with Crippen LogP contribution in [0.3, 0.4) is 0 Å². The molecule has 2 rings (SSSR count). The molecule has 0 fully saturated rings. The zero-order valence-electron chi connectivity index (χ0n) is 11.6. The van der Waals surface area contributed by atoms with Crippen LogP contribution in [0.5, 0.6) is 0 Å². The van der Waals surface area contributed by atoms with Crippen molar-refractivity contribution < 1.29 is 18.7 Å². The molecule has 0 atom stereocenters. The van der Waals surface area contributed by atoms with Gasteiger partial charge < -0.3 is 4.74 Å². The Hall–Kier alpha value is -1.56. The minimum atomic E-state index is -0.697. The maximum Gasteiger partial charge on any atom is 0.326 e. The summed E-state index contributed by atoms with van der Waals surface area (Å²) in [5.74, 6) is -1.17. The first kappa shape index (κ1) is 14.8. The van der Waals surface area contributed by atoms with Crippen LogP contribution in [0.15, 0.2) is 23.1 Å². The highest BCUT2D eigenvalue weighted by molar-refractivity contribution is 8.01. The van der Waals surface area contributed by atoms with Crippen LogP contribution < -0.4 is 4.90 Å². The van der Waals surface area contributed by atoms with Gasteiger partial charge in [-0.1, -0.05) is 0 Å². The average Bonchev–Trinajstić information content (AvgIpc) is 2.36. The fourth-order valence-electron chi connectivity index (χ4n) is 2.03. The molecule has 1 heterocycles. The molecular weight excluding hydrogens is 281 g/mol. The van der Waals surface area contributed by atoms with Crippen molar-refractivity contribution in [3.8, 4) is 0 Å². The molecule has 0 bridgehead atoms. The summed E-state index contributed by atoms with van der Waals surface area (Å²) in [6.07, 6.45) is 0. The number of thioether (sulfide) groups is 1. The van der Waals surface area contributed by atoms with Crippen molar-refractivity contribution in [1.29, 1.82) is 0 Å². The van der Waals surface area contributed by atoms with Crippen molar-refractivity contribution in [2.45, 2.75) is 30.4 Å². The lowest BCUT2D eigenvalue weighted by atomic mass is 10.1. The van der Waals surface area contributed by atoms with E-state index in [1.807, 2.05) is 0 Å². The number of anilines is 1. The van der Waals surface area contributed by atoms with Gasteiger partial charge in [0.25, 0.3) is 0 Å². The standard InChI is InChI=1S/C14H16FNO3S/c1-4-19-12(17)8-16-10-7-9(15)5-6-11(10)20-14(2,3)13(16)18/h5-7H,4,8H2,1-3H3. The molecule has 0 unspecified atom stereocenters. The normalized spacial score (nSPS) is 16.8. The molecular formula is C14H16FNO3S. The highest BCUT2D eigenvalue weighted by Gasteiger charge is 2.40. The number of fused-ring (bicyclic) bond motifs is 1. The van der Waals surface area contributed by atoms with Crippen LogP contribution in [0.2, 0.25) is 0 Å². The van der Waals surface area contributed by atoms with Crippen LogP contribution >= 0.6 is 11.8 Å². The number of esters is 1. The second kappa shape index (κ2) is 5.44. The summed E-state index contributed by atoms with van der Waals surface area (Å²) in [5, 5.41) is 0. The number of halogens is 1. The lowest BCUT2D eigenvalue weighted by molar-refractivity contribution is -0.142. The second-order valence-corrected chi connectivity index (χ2v) is 6.59. The summed E-state index contributed by atoms with van der Waals surface area (Å²) in [5.41, 5.74) is 0.423. The SMILES string of the molecule is CCOC(=O)CN1C(=O)C(C)(C)Sc2ccc(F)cc21. The van der Waals surface area contributed by atoms with Gasteiger partial charge in [-0.25, -0.2) is 4.39 Å². The number of rotatable bonds is 3. The van der Waals surface area contributed by atoms with Crippen molar-refractivity contribution in [1.82, 2.24) is 0 Å². The van der Waals surface area contributed by atoms with Gasteiger partial charge in [0.05, 0.1) is 17.0 Å². The number of ether oxygens (including phenoxy) is 1. The Kier molecular flexibility index (Phi) is 4.04. The zero-order valence-corrected chi connectivity index (χ0v) is 12.4. The van der Waals surface area contributed by atoms with Crippen molar-refractivity contribution in [3.05, 3.63) is 24.0 Å². The molecule has 6 heteroatoms. The first-order valence-electron chi connectivity index (χ1n) is 6.31. The van der Waals surface area contributed by atoms with Crippen molar-refractivity contribution in [2.75, 3.05) is 18.1 Å². The number of carbonyl (C=O) groups excluding carboxylic acids is 2. The summed E-state index contributed by atoms with van der Waals surface area (Å²) in [4.78, 5) is 26.2. The highest BCUT2D eigenvalue weighted by atomic mass is 32.2. The van der Waals surface area contributed by atoms with E-state index in [1.54, 1.807) is 26.8 Å². The van der Waals surface area contributed by atoms with E-state index in [1.165, 1.54) is 28.8 Å². The van der Waals surface area contributed by atoms with E-state index in [-0.39, 0.29) is 19.1 Å². The second-order valence-electron chi connectivity index (χ2n) is 4.92. The van der Waals surface area contributed by atoms with Gasteiger partial charge in [0.2, 0.25) is 5.91 Å². The van der Waals surface area contributed by atoms with Gasteiger partial charge in [0.15, 0.2) is 0 Å². The number of hydrogen-bond donors (Lipinski definition) is 0. The largest absolute Gasteiger partial charge is 0.465 e. The van der Waals surface area contributed by atoms with E-state index in [0.717, 1.165) is 4.90 Å². The Morgan fingerprint density at radius 1 is 1.45 bits per heavy atom. The molecule has 1 amide bonds. The van der Waals surface area contributed by atoms with Gasteiger partial charge in [-0.3, -0.25) is 14.5 Å². The minimum Gasteiger partial charge on any atom is -0.465 e. The van der Waals surface area contributed by atoms with E-state index in [4.69, 9.17) is 4.74 Å². The summed E-state index contributed by atoms with van der Waals surface area (Å²) < 4.78 is 17.6. The van der Waals surface area contributed by atoms with Gasteiger partial charge >= 0.3 is 5.97 Å². The number of amides is 1. The molecule has 1 aliphatic rings. The third-order valence-corrected chi connectivity index (χ3v) is 4.18. The molecule has 0 radical (unpaired) electrons. The van der Waals surface area contributed by atoms with E-state index in [9.17, 15) is 14.0 Å². The van der Waals surface area contributed by atoms with E-state index >= 15 is 0 Å². The zero-order chi connectivity index (χ0) is 14.9. The summed E-state index contributed by atoms with van der Waals surface area (Å²) >= 11 is 1.37. The number of benzene rings is 1. The third-order valence-electron chi connectivity index (χ3n) is 2.93. The van der Waals surface area contributed by atoms with Gasteiger partial charge in [0.1, 0.15) is 12.4 Å². The van der Waals surface area contributed by atoms with E-state index < -0.39 is 16.5 Å². The number of carbonyl (C=O) groups is 2. The first-order chi connectivity index (χ1) is 9.35. The maximum atomic E-state index is 13.4. The van der Waals surface area contributed by atoms with Gasteiger partial charge in [-0.05, 0) is 39.0 Å². The van der Waals surface area contributed by atoms with Gasteiger partial charge in [-0.2, -0.15) is 0 Å². The third kappa shape index (κ3) is 2.80. The van der Waals surface area contributed by atoms with Crippen molar-refractivity contribution >= 4 is 29.3 Å². The molecule has 0 saturated heterocycles. The molecule has 0 aromatic heterocycles. The molecule has 0 saturated carbocycles. The Morgan fingerprint density at radius 2 is 2.15 bits per heavy atom. The average molecular weight is 297 g/mol. The molecule has 4 nitrogen and oxygen atoms in total. The minimum absolute atomic E-state index is 0.201. The Bertz CT molecular complexity index is 559. The predicted molar refractivity (Wildman–Crippen MR) is 75.3 cm³/mol. The first-order valence-corrected chi connectivity index (χ1v) is 7.13. The van der Waals surface area contributed by atoms with Crippen LogP contribution in [0.25, 0.3) is 0 Å². The van der Waals surface area contributed by atoms with E-state index in [2.05, 4.69) is 0 Å². The lowest BCUT2D eigenvalue weighted by Crippen LogP contribution is -2.48. The molecule has 108 valence electrons. The van der Waals surface area contributed by atoms with Crippen LogP contribution in [0.1, 0.15) is 20.8 Å². The summed E-state index contributed by atoms with van der Waals surface area (Å²) in [6.45, 7) is 5.31. The lowest BCUT2D eigenvalue weighted by Gasteiger charge is -2.37. The smallest absolute Gasteiger partial charge is 0.326 e.